The summed E-state index contributed by atoms with van der Waals surface area (Å²) >= 11 is 3.38. The molecule has 4 heterocycles. The molecule has 1 atom stereocenters. The number of rotatable bonds is 5. The van der Waals surface area contributed by atoms with Crippen LogP contribution in [0.4, 0.5) is 5.69 Å². The van der Waals surface area contributed by atoms with E-state index in [0.717, 1.165) is 23.4 Å². The lowest BCUT2D eigenvalue weighted by atomic mass is 9.98. The summed E-state index contributed by atoms with van der Waals surface area (Å²) in [5.74, 6) is -0.269. The lowest BCUT2D eigenvalue weighted by molar-refractivity contribution is -0.132. The Morgan fingerprint density at radius 2 is 1.84 bits per heavy atom. The van der Waals surface area contributed by atoms with Crippen molar-refractivity contribution in [1.29, 1.82) is 0 Å². The Bertz CT molecular complexity index is 1140. The second-order valence-electron chi connectivity index (χ2n) is 7.93. The third-order valence-corrected chi connectivity index (χ3v) is 7.93. The van der Waals surface area contributed by atoms with Crippen LogP contribution in [0.5, 0.6) is 0 Å². The molecular formula is C24H23N3O3S2. The monoisotopic (exact) mass is 465 g/mol. The number of amides is 3. The average Bonchev–Trinajstić information content (AvgIpc) is 3.58. The van der Waals surface area contributed by atoms with Gasteiger partial charge in [-0.2, -0.15) is 0 Å². The molecule has 1 aromatic carbocycles. The Labute approximate surface area is 194 Å². The van der Waals surface area contributed by atoms with Crippen LogP contribution in [0.2, 0.25) is 0 Å². The summed E-state index contributed by atoms with van der Waals surface area (Å²) in [7, 11) is 0. The predicted molar refractivity (Wildman–Crippen MR) is 126 cm³/mol. The molecule has 2 aliphatic rings. The molecule has 2 aromatic heterocycles. The minimum Gasteiger partial charge on any atom is -0.343 e. The van der Waals surface area contributed by atoms with E-state index in [1.54, 1.807) is 51.8 Å². The maximum atomic E-state index is 13.1. The summed E-state index contributed by atoms with van der Waals surface area (Å²) < 4.78 is 0. The van der Waals surface area contributed by atoms with Crippen LogP contribution in [0.25, 0.3) is 0 Å². The van der Waals surface area contributed by atoms with Gasteiger partial charge in [0.2, 0.25) is 11.8 Å². The number of nitrogens with one attached hydrogen (secondary N) is 1. The average molecular weight is 466 g/mol. The van der Waals surface area contributed by atoms with E-state index in [-0.39, 0.29) is 30.3 Å². The van der Waals surface area contributed by atoms with Gasteiger partial charge in [0.25, 0.3) is 5.91 Å². The summed E-state index contributed by atoms with van der Waals surface area (Å²) in [4.78, 5) is 43.7. The quantitative estimate of drug-likeness (QED) is 0.623. The standard InChI is InChI=1S/C24H23N3O3S2/c28-21-4-1-11-26(21)17-7-5-16(6-8-17)24(30)25-15-22(29)27-12-9-19-18(10-14-32-19)23(27)20-3-2-13-31-20/h2-3,5-8,10,13-14,23H,1,4,9,11-12,15H2,(H,25,30). The number of carbonyl (C=O) groups is 3. The Balaban J connectivity index is 1.25. The number of nitrogens with zero attached hydrogens (tertiary/aromatic N) is 2. The highest BCUT2D eigenvalue weighted by Crippen LogP contribution is 2.39. The largest absolute Gasteiger partial charge is 0.343 e. The molecule has 1 fully saturated rings. The predicted octanol–water partition coefficient (Wildman–Crippen LogP) is 3.84. The first-order valence-electron chi connectivity index (χ1n) is 10.7. The lowest BCUT2D eigenvalue weighted by Gasteiger charge is -2.35. The number of carbonyl (C=O) groups excluding carboxylic acids is 3. The van der Waals surface area contributed by atoms with Gasteiger partial charge >= 0.3 is 0 Å². The smallest absolute Gasteiger partial charge is 0.251 e. The number of thiophene rings is 2. The summed E-state index contributed by atoms with van der Waals surface area (Å²) in [5.41, 5.74) is 2.47. The molecular weight excluding hydrogens is 442 g/mol. The second kappa shape index (κ2) is 8.88. The van der Waals surface area contributed by atoms with Crippen LogP contribution in [-0.2, 0) is 16.0 Å². The van der Waals surface area contributed by atoms with Crippen LogP contribution in [0, 0.1) is 0 Å². The molecule has 1 saturated heterocycles. The molecule has 0 saturated carbocycles. The zero-order chi connectivity index (χ0) is 22.1. The Kier molecular flexibility index (Phi) is 5.80. The number of fused-ring (bicyclic) bond motifs is 1. The Morgan fingerprint density at radius 3 is 2.56 bits per heavy atom. The van der Waals surface area contributed by atoms with Crippen LogP contribution < -0.4 is 10.2 Å². The number of hydrogen-bond donors (Lipinski definition) is 1. The Morgan fingerprint density at radius 1 is 1.00 bits per heavy atom. The maximum Gasteiger partial charge on any atom is 0.251 e. The summed E-state index contributed by atoms with van der Waals surface area (Å²) in [6.45, 7) is 1.31. The van der Waals surface area contributed by atoms with Gasteiger partial charge in [-0.05, 0) is 65.6 Å². The molecule has 0 bridgehead atoms. The van der Waals surface area contributed by atoms with Gasteiger partial charge in [0, 0.05) is 40.5 Å². The molecule has 3 amide bonds. The van der Waals surface area contributed by atoms with Gasteiger partial charge in [0.05, 0.1) is 12.6 Å². The second-order valence-corrected chi connectivity index (χ2v) is 9.91. The number of hydrogen-bond acceptors (Lipinski definition) is 5. The molecule has 164 valence electrons. The van der Waals surface area contributed by atoms with E-state index in [0.29, 0.717) is 25.1 Å². The summed E-state index contributed by atoms with van der Waals surface area (Å²) in [6.07, 6.45) is 2.27. The van der Waals surface area contributed by atoms with Crippen molar-refractivity contribution in [1.82, 2.24) is 10.2 Å². The van der Waals surface area contributed by atoms with E-state index in [9.17, 15) is 14.4 Å². The number of anilines is 1. The van der Waals surface area contributed by atoms with Crippen LogP contribution >= 0.6 is 22.7 Å². The van der Waals surface area contributed by atoms with Crippen molar-refractivity contribution in [3.63, 3.8) is 0 Å². The van der Waals surface area contributed by atoms with Gasteiger partial charge in [-0.15, -0.1) is 22.7 Å². The van der Waals surface area contributed by atoms with E-state index in [4.69, 9.17) is 0 Å². The van der Waals surface area contributed by atoms with Crippen molar-refractivity contribution in [2.24, 2.45) is 0 Å². The fraction of sp³-hybridized carbons (Fsp3) is 0.292. The van der Waals surface area contributed by atoms with Gasteiger partial charge in [-0.25, -0.2) is 0 Å². The highest BCUT2D eigenvalue weighted by Gasteiger charge is 2.33. The normalized spacial score (nSPS) is 18.0. The van der Waals surface area contributed by atoms with Crippen molar-refractivity contribution < 1.29 is 14.4 Å². The zero-order valence-electron chi connectivity index (χ0n) is 17.5. The highest BCUT2D eigenvalue weighted by molar-refractivity contribution is 7.10. The SMILES string of the molecule is O=C(NCC(=O)N1CCc2sccc2C1c1cccs1)c1ccc(N2CCCC2=O)cc1. The molecule has 0 radical (unpaired) electrons. The molecule has 1 unspecified atom stereocenters. The van der Waals surface area contributed by atoms with Gasteiger partial charge < -0.3 is 15.1 Å². The number of benzene rings is 1. The topological polar surface area (TPSA) is 69.7 Å². The maximum absolute atomic E-state index is 13.1. The van der Waals surface area contributed by atoms with Crippen molar-refractivity contribution in [3.8, 4) is 0 Å². The van der Waals surface area contributed by atoms with Crippen LogP contribution in [0.3, 0.4) is 0 Å². The molecule has 2 aliphatic heterocycles. The van der Waals surface area contributed by atoms with E-state index < -0.39 is 0 Å². The lowest BCUT2D eigenvalue weighted by Crippen LogP contribution is -2.45. The van der Waals surface area contributed by atoms with E-state index in [2.05, 4.69) is 22.8 Å². The van der Waals surface area contributed by atoms with Crippen LogP contribution in [0.1, 0.15) is 44.6 Å². The van der Waals surface area contributed by atoms with Crippen molar-refractivity contribution in [2.75, 3.05) is 24.5 Å². The van der Waals surface area contributed by atoms with Crippen LogP contribution in [-0.4, -0.2) is 42.3 Å². The van der Waals surface area contributed by atoms with Gasteiger partial charge in [0.15, 0.2) is 0 Å². The molecule has 3 aromatic rings. The highest BCUT2D eigenvalue weighted by atomic mass is 32.1. The minimum absolute atomic E-state index is 0.0491. The van der Waals surface area contributed by atoms with Gasteiger partial charge in [-0.3, -0.25) is 14.4 Å². The first-order valence-corrected chi connectivity index (χ1v) is 12.5. The zero-order valence-corrected chi connectivity index (χ0v) is 19.1. The van der Waals surface area contributed by atoms with Crippen molar-refractivity contribution >= 4 is 46.1 Å². The van der Waals surface area contributed by atoms with E-state index in [1.165, 1.54) is 10.4 Å². The van der Waals surface area contributed by atoms with Crippen molar-refractivity contribution in [2.45, 2.75) is 25.3 Å². The summed E-state index contributed by atoms with van der Waals surface area (Å²) in [5, 5.41) is 6.88. The van der Waals surface area contributed by atoms with Gasteiger partial charge in [0.1, 0.15) is 0 Å². The third kappa shape index (κ3) is 3.96. The van der Waals surface area contributed by atoms with Crippen LogP contribution in [0.15, 0.2) is 53.2 Å². The van der Waals surface area contributed by atoms with E-state index >= 15 is 0 Å². The third-order valence-electron chi connectivity index (χ3n) is 6.01. The summed E-state index contributed by atoms with van der Waals surface area (Å²) in [6, 6.07) is 13.1. The first-order chi connectivity index (χ1) is 15.6. The fourth-order valence-electron chi connectivity index (χ4n) is 4.41. The molecule has 32 heavy (non-hydrogen) atoms. The van der Waals surface area contributed by atoms with E-state index in [1.807, 2.05) is 16.3 Å². The first kappa shape index (κ1) is 20.9. The molecule has 5 rings (SSSR count). The molecule has 0 spiro atoms. The Hall–Kier alpha value is -2.97. The molecule has 1 N–H and O–H groups in total. The minimum atomic E-state index is -0.293. The van der Waals surface area contributed by atoms with Crippen molar-refractivity contribution in [3.05, 3.63) is 74.1 Å². The fourth-order valence-corrected chi connectivity index (χ4v) is 6.17. The molecule has 6 nitrogen and oxygen atoms in total. The van der Waals surface area contributed by atoms with Gasteiger partial charge in [-0.1, -0.05) is 6.07 Å². The molecule has 0 aliphatic carbocycles. The molecule has 8 heteroatoms.